The van der Waals surface area contributed by atoms with Crippen molar-refractivity contribution in [3.05, 3.63) is 65.7 Å². The lowest BCUT2D eigenvalue weighted by molar-refractivity contribution is -0.128. The SMILES string of the molecule is CCN(CC)C(=O)c1ccc(NCC(=O)N(C)Cc2ccccc2)cc1. The minimum absolute atomic E-state index is 0.0112. The van der Waals surface area contributed by atoms with Gasteiger partial charge in [-0.15, -0.1) is 0 Å². The van der Waals surface area contributed by atoms with Crippen molar-refractivity contribution in [2.24, 2.45) is 0 Å². The maximum atomic E-state index is 12.3. The fourth-order valence-electron chi connectivity index (χ4n) is 2.68. The minimum atomic E-state index is 0.0112. The monoisotopic (exact) mass is 353 g/mol. The van der Waals surface area contributed by atoms with Crippen LogP contribution in [0.15, 0.2) is 54.6 Å². The van der Waals surface area contributed by atoms with Gasteiger partial charge in [-0.1, -0.05) is 30.3 Å². The molecule has 2 rings (SSSR count). The molecule has 0 heterocycles. The number of rotatable bonds is 8. The summed E-state index contributed by atoms with van der Waals surface area (Å²) in [5.74, 6) is 0.0392. The summed E-state index contributed by atoms with van der Waals surface area (Å²) in [6.45, 7) is 6.12. The van der Waals surface area contributed by atoms with E-state index in [1.807, 2.05) is 56.3 Å². The molecular formula is C21H27N3O2. The van der Waals surface area contributed by atoms with E-state index in [4.69, 9.17) is 0 Å². The molecule has 0 spiro atoms. The maximum absolute atomic E-state index is 12.3. The van der Waals surface area contributed by atoms with E-state index < -0.39 is 0 Å². The maximum Gasteiger partial charge on any atom is 0.253 e. The summed E-state index contributed by atoms with van der Waals surface area (Å²) in [6.07, 6.45) is 0. The quantitative estimate of drug-likeness (QED) is 0.793. The van der Waals surface area contributed by atoms with Crippen LogP contribution in [0.3, 0.4) is 0 Å². The highest BCUT2D eigenvalue weighted by Crippen LogP contribution is 2.12. The van der Waals surface area contributed by atoms with Crippen LogP contribution in [-0.2, 0) is 11.3 Å². The predicted molar refractivity (Wildman–Crippen MR) is 105 cm³/mol. The number of hydrogen-bond acceptors (Lipinski definition) is 3. The van der Waals surface area contributed by atoms with Crippen LogP contribution in [0.2, 0.25) is 0 Å². The first-order valence-corrected chi connectivity index (χ1v) is 8.96. The first-order valence-electron chi connectivity index (χ1n) is 8.96. The van der Waals surface area contributed by atoms with Crippen molar-refractivity contribution < 1.29 is 9.59 Å². The van der Waals surface area contributed by atoms with Gasteiger partial charge in [0, 0.05) is 37.9 Å². The van der Waals surface area contributed by atoms with E-state index in [1.165, 1.54) is 0 Å². The van der Waals surface area contributed by atoms with Gasteiger partial charge in [-0.3, -0.25) is 9.59 Å². The molecule has 0 bridgehead atoms. The number of nitrogens with zero attached hydrogens (tertiary/aromatic N) is 2. The molecule has 0 radical (unpaired) electrons. The second kappa shape index (κ2) is 9.61. The van der Waals surface area contributed by atoms with E-state index in [-0.39, 0.29) is 18.4 Å². The Balaban J connectivity index is 1.87. The fourth-order valence-corrected chi connectivity index (χ4v) is 2.68. The third-order valence-corrected chi connectivity index (χ3v) is 4.31. The molecule has 0 aliphatic heterocycles. The van der Waals surface area contributed by atoms with Gasteiger partial charge in [0.25, 0.3) is 5.91 Å². The van der Waals surface area contributed by atoms with Crippen LogP contribution in [0.1, 0.15) is 29.8 Å². The van der Waals surface area contributed by atoms with Crippen LogP contribution in [0.5, 0.6) is 0 Å². The number of carbonyl (C=O) groups excluding carboxylic acids is 2. The van der Waals surface area contributed by atoms with E-state index in [0.717, 1.165) is 11.3 Å². The summed E-state index contributed by atoms with van der Waals surface area (Å²) < 4.78 is 0. The summed E-state index contributed by atoms with van der Waals surface area (Å²) in [6, 6.07) is 17.2. The fraction of sp³-hybridized carbons (Fsp3) is 0.333. The van der Waals surface area contributed by atoms with Crippen molar-refractivity contribution in [3.8, 4) is 0 Å². The van der Waals surface area contributed by atoms with E-state index in [9.17, 15) is 9.59 Å². The van der Waals surface area contributed by atoms with E-state index in [1.54, 1.807) is 29.0 Å². The van der Waals surface area contributed by atoms with Crippen LogP contribution in [-0.4, -0.2) is 48.3 Å². The van der Waals surface area contributed by atoms with Gasteiger partial charge >= 0.3 is 0 Å². The summed E-state index contributed by atoms with van der Waals surface area (Å²) in [5, 5.41) is 3.12. The molecule has 2 aromatic rings. The molecule has 138 valence electrons. The molecule has 0 unspecified atom stereocenters. The van der Waals surface area contributed by atoms with Crippen molar-refractivity contribution in [1.29, 1.82) is 0 Å². The second-order valence-corrected chi connectivity index (χ2v) is 6.14. The average molecular weight is 353 g/mol. The standard InChI is InChI=1S/C21H27N3O2/c1-4-24(5-2)21(26)18-11-13-19(14-12-18)22-15-20(25)23(3)16-17-9-7-6-8-10-17/h6-14,22H,4-5,15-16H2,1-3H3. The zero-order chi connectivity index (χ0) is 18.9. The average Bonchev–Trinajstić information content (AvgIpc) is 2.68. The van der Waals surface area contributed by atoms with E-state index in [2.05, 4.69) is 5.32 Å². The Bertz CT molecular complexity index is 710. The zero-order valence-electron chi connectivity index (χ0n) is 15.7. The van der Waals surface area contributed by atoms with Crippen molar-refractivity contribution >= 4 is 17.5 Å². The molecule has 0 fully saturated rings. The highest BCUT2D eigenvalue weighted by Gasteiger charge is 2.12. The van der Waals surface area contributed by atoms with Crippen molar-refractivity contribution in [2.75, 3.05) is 32.0 Å². The number of anilines is 1. The van der Waals surface area contributed by atoms with Gasteiger partial charge in [-0.25, -0.2) is 0 Å². The van der Waals surface area contributed by atoms with Gasteiger partial charge in [0.1, 0.15) is 0 Å². The van der Waals surface area contributed by atoms with Crippen LogP contribution in [0.4, 0.5) is 5.69 Å². The topological polar surface area (TPSA) is 52.7 Å². The van der Waals surface area contributed by atoms with Gasteiger partial charge in [0.2, 0.25) is 5.91 Å². The lowest BCUT2D eigenvalue weighted by Crippen LogP contribution is -2.32. The van der Waals surface area contributed by atoms with Gasteiger partial charge < -0.3 is 15.1 Å². The van der Waals surface area contributed by atoms with Crippen LogP contribution >= 0.6 is 0 Å². The van der Waals surface area contributed by atoms with Crippen LogP contribution in [0, 0.1) is 0 Å². The number of benzene rings is 2. The van der Waals surface area contributed by atoms with Crippen molar-refractivity contribution in [1.82, 2.24) is 9.80 Å². The molecular weight excluding hydrogens is 326 g/mol. The number of likely N-dealkylation sites (N-methyl/N-ethyl adjacent to an activating group) is 1. The Hall–Kier alpha value is -2.82. The molecule has 2 aromatic carbocycles. The van der Waals surface area contributed by atoms with Gasteiger partial charge in [0.05, 0.1) is 6.54 Å². The van der Waals surface area contributed by atoms with Gasteiger partial charge in [0.15, 0.2) is 0 Å². The Morgan fingerprint density at radius 3 is 2.12 bits per heavy atom. The Kier molecular flexibility index (Phi) is 7.21. The number of carbonyl (C=O) groups is 2. The Morgan fingerprint density at radius 2 is 1.54 bits per heavy atom. The number of nitrogens with one attached hydrogen (secondary N) is 1. The van der Waals surface area contributed by atoms with Gasteiger partial charge in [-0.2, -0.15) is 0 Å². The first-order chi connectivity index (χ1) is 12.5. The largest absolute Gasteiger partial charge is 0.376 e. The molecule has 0 saturated carbocycles. The smallest absolute Gasteiger partial charge is 0.253 e. The van der Waals surface area contributed by atoms with Crippen LogP contribution in [0.25, 0.3) is 0 Å². The molecule has 5 nitrogen and oxygen atoms in total. The highest BCUT2D eigenvalue weighted by molar-refractivity contribution is 5.94. The summed E-state index contributed by atoms with van der Waals surface area (Å²) in [5.41, 5.74) is 2.58. The third-order valence-electron chi connectivity index (χ3n) is 4.31. The number of amides is 2. The summed E-state index contributed by atoms with van der Waals surface area (Å²) >= 11 is 0. The molecule has 2 amide bonds. The van der Waals surface area contributed by atoms with Gasteiger partial charge in [-0.05, 0) is 43.7 Å². The molecule has 0 atom stereocenters. The molecule has 0 saturated heterocycles. The third kappa shape index (κ3) is 5.34. The zero-order valence-corrected chi connectivity index (χ0v) is 15.7. The van der Waals surface area contributed by atoms with Crippen LogP contribution < -0.4 is 5.32 Å². The molecule has 1 N–H and O–H groups in total. The molecule has 0 aliphatic carbocycles. The summed E-state index contributed by atoms with van der Waals surface area (Å²) in [4.78, 5) is 28.0. The second-order valence-electron chi connectivity index (χ2n) is 6.14. The Morgan fingerprint density at radius 1 is 0.923 bits per heavy atom. The molecule has 0 aliphatic rings. The molecule has 26 heavy (non-hydrogen) atoms. The number of hydrogen-bond donors (Lipinski definition) is 1. The van der Waals surface area contributed by atoms with E-state index >= 15 is 0 Å². The van der Waals surface area contributed by atoms with Crippen molar-refractivity contribution in [2.45, 2.75) is 20.4 Å². The Labute approximate surface area is 155 Å². The molecule has 5 heteroatoms. The predicted octanol–water partition coefficient (Wildman–Crippen LogP) is 3.24. The molecule has 0 aromatic heterocycles. The minimum Gasteiger partial charge on any atom is -0.376 e. The normalized spacial score (nSPS) is 10.3. The lowest BCUT2D eigenvalue weighted by atomic mass is 10.1. The van der Waals surface area contributed by atoms with Crippen molar-refractivity contribution in [3.63, 3.8) is 0 Å². The lowest BCUT2D eigenvalue weighted by Gasteiger charge is -2.19. The first kappa shape index (κ1) is 19.5. The highest BCUT2D eigenvalue weighted by atomic mass is 16.2. The van der Waals surface area contributed by atoms with E-state index in [0.29, 0.717) is 25.2 Å². The summed E-state index contributed by atoms with van der Waals surface area (Å²) in [7, 11) is 1.79.